The van der Waals surface area contributed by atoms with Crippen LogP contribution in [0.1, 0.15) is 50.2 Å². The second-order valence-corrected chi connectivity index (χ2v) is 7.64. The Balaban J connectivity index is 1.85. The third-order valence-electron chi connectivity index (χ3n) is 4.91. The molecule has 0 spiro atoms. The van der Waals surface area contributed by atoms with Crippen LogP contribution in [0.4, 0.5) is 0 Å². The molecule has 7 heteroatoms. The van der Waals surface area contributed by atoms with Crippen LogP contribution >= 0.6 is 0 Å². The van der Waals surface area contributed by atoms with E-state index >= 15 is 0 Å². The van der Waals surface area contributed by atoms with Crippen LogP contribution in [0.15, 0.2) is 54.6 Å². The lowest BCUT2D eigenvalue weighted by Gasteiger charge is -2.19. The molecule has 0 saturated heterocycles. The average Bonchev–Trinajstić information content (AvgIpc) is 2.80. The quantitative estimate of drug-likeness (QED) is 0.328. The second-order valence-electron chi connectivity index (χ2n) is 7.64. The number of aromatic hydroxyl groups is 1. The zero-order chi connectivity index (χ0) is 23.2. The lowest BCUT2D eigenvalue weighted by Crippen LogP contribution is -2.48. The highest BCUT2D eigenvalue weighted by Crippen LogP contribution is 2.12. The first-order chi connectivity index (χ1) is 15.5. The Morgan fingerprint density at radius 1 is 0.938 bits per heavy atom. The normalized spacial score (nSPS) is 11.4. The van der Waals surface area contributed by atoms with Crippen molar-refractivity contribution in [1.82, 2.24) is 10.6 Å². The van der Waals surface area contributed by atoms with Gasteiger partial charge in [-0.1, -0.05) is 62.2 Å². The molecule has 7 nitrogen and oxygen atoms in total. The number of carbonyl (C=O) groups is 3. The number of hydrogen-bond donors (Lipinski definition) is 3. The first-order valence-electron chi connectivity index (χ1n) is 11.0. The van der Waals surface area contributed by atoms with Crippen molar-refractivity contribution in [3.05, 3.63) is 65.7 Å². The van der Waals surface area contributed by atoms with Crippen molar-refractivity contribution in [1.29, 1.82) is 0 Å². The number of unbranched alkanes of at least 4 members (excludes halogenated alkanes) is 2. The summed E-state index contributed by atoms with van der Waals surface area (Å²) in [5.74, 6) is -1.00. The van der Waals surface area contributed by atoms with Crippen molar-refractivity contribution >= 4 is 17.8 Å². The smallest absolute Gasteiger partial charge is 0.306 e. The summed E-state index contributed by atoms with van der Waals surface area (Å²) in [6.45, 7) is 2.78. The number of rotatable bonds is 13. The molecule has 0 aliphatic carbocycles. The van der Waals surface area contributed by atoms with E-state index in [0.717, 1.165) is 30.4 Å². The summed E-state index contributed by atoms with van der Waals surface area (Å²) in [4.78, 5) is 37.0. The van der Waals surface area contributed by atoms with Crippen LogP contribution in [0, 0.1) is 0 Å². The van der Waals surface area contributed by atoms with Gasteiger partial charge in [0.1, 0.15) is 18.4 Å². The first kappa shape index (κ1) is 24.9. The van der Waals surface area contributed by atoms with Crippen LogP contribution < -0.4 is 10.6 Å². The largest absolute Gasteiger partial charge is 0.508 e. The summed E-state index contributed by atoms with van der Waals surface area (Å²) in [6.07, 6.45) is 3.08. The summed E-state index contributed by atoms with van der Waals surface area (Å²) in [6, 6.07) is 15.0. The van der Waals surface area contributed by atoms with Gasteiger partial charge in [-0.3, -0.25) is 14.4 Å². The highest BCUT2D eigenvalue weighted by Gasteiger charge is 2.21. The molecule has 1 atom stereocenters. The maximum atomic E-state index is 12.6. The maximum absolute atomic E-state index is 12.6. The zero-order valence-electron chi connectivity index (χ0n) is 18.5. The zero-order valence-corrected chi connectivity index (χ0v) is 18.5. The molecule has 2 aromatic rings. The van der Waals surface area contributed by atoms with E-state index in [2.05, 4.69) is 17.6 Å². The van der Waals surface area contributed by atoms with Gasteiger partial charge in [0.25, 0.3) is 0 Å². The van der Waals surface area contributed by atoms with E-state index in [-0.39, 0.29) is 37.5 Å². The minimum atomic E-state index is -0.769. The third-order valence-corrected chi connectivity index (χ3v) is 4.91. The molecule has 32 heavy (non-hydrogen) atoms. The lowest BCUT2D eigenvalue weighted by atomic mass is 10.0. The van der Waals surface area contributed by atoms with E-state index in [1.807, 2.05) is 30.3 Å². The molecule has 0 radical (unpaired) electrons. The maximum Gasteiger partial charge on any atom is 0.306 e. The molecular formula is C25H32N2O5. The Bertz CT molecular complexity index is 852. The van der Waals surface area contributed by atoms with Crippen LogP contribution in [0.3, 0.4) is 0 Å². The van der Waals surface area contributed by atoms with Gasteiger partial charge in [0.15, 0.2) is 0 Å². The molecule has 3 N–H and O–H groups in total. The number of ether oxygens (including phenoxy) is 1. The lowest BCUT2D eigenvalue weighted by molar-refractivity contribution is -0.146. The molecule has 0 unspecified atom stereocenters. The average molecular weight is 441 g/mol. The third kappa shape index (κ3) is 9.64. The van der Waals surface area contributed by atoms with E-state index in [1.165, 1.54) is 12.1 Å². The molecule has 2 rings (SSSR count). The molecular weight excluding hydrogens is 408 g/mol. The predicted octanol–water partition coefficient (Wildman–Crippen LogP) is 3.25. The van der Waals surface area contributed by atoms with Gasteiger partial charge in [0.05, 0.1) is 6.42 Å². The number of esters is 1. The van der Waals surface area contributed by atoms with E-state index in [1.54, 1.807) is 12.1 Å². The first-order valence-corrected chi connectivity index (χ1v) is 11.0. The predicted molar refractivity (Wildman–Crippen MR) is 122 cm³/mol. The van der Waals surface area contributed by atoms with E-state index in [9.17, 15) is 19.5 Å². The fourth-order valence-corrected chi connectivity index (χ4v) is 3.08. The van der Waals surface area contributed by atoms with Crippen LogP contribution in [-0.2, 0) is 32.1 Å². The number of benzene rings is 2. The van der Waals surface area contributed by atoms with Crippen LogP contribution in [0.2, 0.25) is 0 Å². The highest BCUT2D eigenvalue weighted by molar-refractivity contribution is 5.89. The Hall–Kier alpha value is -3.35. The summed E-state index contributed by atoms with van der Waals surface area (Å²) in [5, 5.41) is 15.0. The molecule has 0 saturated carbocycles. The van der Waals surface area contributed by atoms with Crippen molar-refractivity contribution in [2.45, 2.75) is 58.1 Å². The molecule has 0 heterocycles. The number of phenolic OH excluding ortho intramolecular Hbond substituents is 1. The van der Waals surface area contributed by atoms with Crippen LogP contribution in [-0.4, -0.2) is 35.5 Å². The van der Waals surface area contributed by atoms with E-state index in [4.69, 9.17) is 4.74 Å². The molecule has 172 valence electrons. The Kier molecular flexibility index (Phi) is 10.8. The summed E-state index contributed by atoms with van der Waals surface area (Å²) in [7, 11) is 0. The fraction of sp³-hybridized carbons (Fsp3) is 0.400. The summed E-state index contributed by atoms with van der Waals surface area (Å²) >= 11 is 0. The van der Waals surface area contributed by atoms with Crippen molar-refractivity contribution in [2.24, 2.45) is 0 Å². The van der Waals surface area contributed by atoms with Gasteiger partial charge in [-0.15, -0.1) is 0 Å². The topological polar surface area (TPSA) is 105 Å². The number of amides is 2. The van der Waals surface area contributed by atoms with Crippen molar-refractivity contribution in [3.8, 4) is 5.75 Å². The minimum Gasteiger partial charge on any atom is -0.508 e. The molecule has 0 aliphatic rings. The van der Waals surface area contributed by atoms with Crippen molar-refractivity contribution < 1.29 is 24.2 Å². The van der Waals surface area contributed by atoms with Gasteiger partial charge in [0.2, 0.25) is 11.8 Å². The molecule has 2 amide bonds. The molecule has 2 aromatic carbocycles. The van der Waals surface area contributed by atoms with Gasteiger partial charge in [-0.2, -0.15) is 0 Å². The summed E-state index contributed by atoms with van der Waals surface area (Å²) < 4.78 is 5.19. The monoisotopic (exact) mass is 440 g/mol. The van der Waals surface area contributed by atoms with Crippen molar-refractivity contribution in [3.63, 3.8) is 0 Å². The van der Waals surface area contributed by atoms with Gasteiger partial charge >= 0.3 is 5.97 Å². The van der Waals surface area contributed by atoms with Gasteiger partial charge < -0.3 is 20.5 Å². The summed E-state index contributed by atoms with van der Waals surface area (Å²) in [5.41, 5.74) is 1.68. The Labute approximate surface area is 189 Å². The van der Waals surface area contributed by atoms with E-state index < -0.39 is 17.9 Å². The van der Waals surface area contributed by atoms with Crippen LogP contribution in [0.5, 0.6) is 5.75 Å². The molecule has 0 bridgehead atoms. The SMILES string of the molecule is CCCCCNC(=O)[C@H](Cc1ccc(O)cc1)NC(=O)CCC(=O)OCc1ccccc1. The minimum absolute atomic E-state index is 0.0667. The van der Waals surface area contributed by atoms with Gasteiger partial charge in [0, 0.05) is 19.4 Å². The molecule has 0 aliphatic heterocycles. The Morgan fingerprint density at radius 3 is 2.34 bits per heavy atom. The fourth-order valence-electron chi connectivity index (χ4n) is 3.08. The molecule has 0 fully saturated rings. The Morgan fingerprint density at radius 2 is 1.66 bits per heavy atom. The number of carbonyl (C=O) groups excluding carboxylic acids is 3. The number of nitrogens with one attached hydrogen (secondary N) is 2. The number of hydrogen-bond acceptors (Lipinski definition) is 5. The van der Waals surface area contributed by atoms with E-state index in [0.29, 0.717) is 6.54 Å². The highest BCUT2D eigenvalue weighted by atomic mass is 16.5. The molecule has 0 aromatic heterocycles. The van der Waals surface area contributed by atoms with Gasteiger partial charge in [-0.05, 0) is 29.7 Å². The number of phenols is 1. The van der Waals surface area contributed by atoms with Crippen molar-refractivity contribution in [2.75, 3.05) is 6.54 Å². The van der Waals surface area contributed by atoms with Gasteiger partial charge in [-0.25, -0.2) is 0 Å². The van der Waals surface area contributed by atoms with Crippen LogP contribution in [0.25, 0.3) is 0 Å². The standard InChI is InChI=1S/C25H32N2O5/c1-2-3-7-16-26-25(31)22(17-19-10-12-21(28)13-11-19)27-23(29)14-15-24(30)32-18-20-8-5-4-6-9-20/h4-6,8-13,22,28H,2-3,7,14-18H2,1H3,(H,26,31)(H,27,29)/t22-/m0/s1. The second kappa shape index (κ2) is 13.9.